The summed E-state index contributed by atoms with van der Waals surface area (Å²) in [6.07, 6.45) is -1.43. The number of aliphatic hydroxyl groups excluding tert-OH is 1. The SMILES string of the molecule is CCOC(=O)C[C@H](O)CC(=O)OC(C)(C)C. The molecule has 0 saturated heterocycles. The maximum atomic E-state index is 11.3. The van der Waals surface area contributed by atoms with Crippen molar-refractivity contribution < 1.29 is 24.2 Å². The molecule has 0 bridgehead atoms. The smallest absolute Gasteiger partial charge is 0.308 e. The van der Waals surface area contributed by atoms with E-state index in [-0.39, 0.29) is 19.4 Å². The van der Waals surface area contributed by atoms with Gasteiger partial charge in [0.25, 0.3) is 0 Å². The number of carbonyl (C=O) groups is 2. The third kappa shape index (κ3) is 8.23. The number of carbonyl (C=O) groups excluding carboxylic acids is 2. The third-order valence-corrected chi connectivity index (χ3v) is 1.53. The lowest BCUT2D eigenvalue weighted by atomic mass is 10.1. The van der Waals surface area contributed by atoms with Gasteiger partial charge in [0, 0.05) is 0 Å². The van der Waals surface area contributed by atoms with E-state index >= 15 is 0 Å². The molecule has 0 amide bonds. The van der Waals surface area contributed by atoms with Gasteiger partial charge < -0.3 is 14.6 Å². The van der Waals surface area contributed by atoms with Gasteiger partial charge in [-0.3, -0.25) is 9.59 Å². The van der Waals surface area contributed by atoms with Crippen molar-refractivity contribution in [2.75, 3.05) is 6.61 Å². The Kier molecular flexibility index (Phi) is 6.03. The maximum absolute atomic E-state index is 11.3. The molecule has 0 spiro atoms. The molecular formula is C11H20O5. The molecule has 0 aromatic rings. The van der Waals surface area contributed by atoms with Crippen LogP contribution in [0.2, 0.25) is 0 Å². The zero-order chi connectivity index (χ0) is 12.8. The number of aliphatic hydroxyl groups is 1. The lowest BCUT2D eigenvalue weighted by Crippen LogP contribution is -2.27. The molecule has 1 N–H and O–H groups in total. The van der Waals surface area contributed by atoms with Gasteiger partial charge in [0.05, 0.1) is 25.6 Å². The number of rotatable bonds is 5. The second-order valence-electron chi connectivity index (χ2n) is 4.45. The van der Waals surface area contributed by atoms with E-state index in [1.165, 1.54) is 0 Å². The summed E-state index contributed by atoms with van der Waals surface area (Å²) in [7, 11) is 0. The molecule has 0 heterocycles. The van der Waals surface area contributed by atoms with E-state index in [4.69, 9.17) is 4.74 Å². The largest absolute Gasteiger partial charge is 0.466 e. The normalized spacial score (nSPS) is 13.1. The lowest BCUT2D eigenvalue weighted by Gasteiger charge is -2.20. The molecule has 0 aromatic carbocycles. The van der Waals surface area contributed by atoms with Crippen molar-refractivity contribution in [2.24, 2.45) is 0 Å². The van der Waals surface area contributed by atoms with Gasteiger partial charge in [-0.15, -0.1) is 0 Å². The number of esters is 2. The molecule has 0 fully saturated rings. The molecule has 0 aliphatic heterocycles. The van der Waals surface area contributed by atoms with Crippen molar-refractivity contribution in [3.8, 4) is 0 Å². The minimum absolute atomic E-state index is 0.187. The van der Waals surface area contributed by atoms with Gasteiger partial charge >= 0.3 is 11.9 Å². The first-order valence-corrected chi connectivity index (χ1v) is 5.30. The first-order chi connectivity index (χ1) is 7.24. The quantitative estimate of drug-likeness (QED) is 0.717. The zero-order valence-corrected chi connectivity index (χ0v) is 10.3. The Morgan fingerprint density at radius 2 is 1.69 bits per heavy atom. The van der Waals surface area contributed by atoms with Crippen molar-refractivity contribution in [3.05, 3.63) is 0 Å². The second kappa shape index (κ2) is 6.48. The predicted molar refractivity (Wildman–Crippen MR) is 57.7 cm³/mol. The topological polar surface area (TPSA) is 72.8 Å². The van der Waals surface area contributed by atoms with Crippen LogP contribution in [0.4, 0.5) is 0 Å². The van der Waals surface area contributed by atoms with Crippen LogP contribution in [0.5, 0.6) is 0 Å². The van der Waals surface area contributed by atoms with E-state index in [0.29, 0.717) is 0 Å². The van der Waals surface area contributed by atoms with Crippen molar-refractivity contribution in [3.63, 3.8) is 0 Å². The van der Waals surface area contributed by atoms with E-state index in [0.717, 1.165) is 0 Å². The van der Waals surface area contributed by atoms with Gasteiger partial charge in [-0.05, 0) is 27.7 Å². The molecule has 0 radical (unpaired) electrons. The van der Waals surface area contributed by atoms with Gasteiger partial charge in [0.1, 0.15) is 5.60 Å². The van der Waals surface area contributed by atoms with E-state index in [1.807, 2.05) is 0 Å². The van der Waals surface area contributed by atoms with Crippen molar-refractivity contribution in [1.29, 1.82) is 0 Å². The van der Waals surface area contributed by atoms with Crippen molar-refractivity contribution >= 4 is 11.9 Å². The van der Waals surface area contributed by atoms with E-state index in [2.05, 4.69) is 4.74 Å². The Morgan fingerprint density at radius 1 is 1.19 bits per heavy atom. The van der Waals surface area contributed by atoms with Gasteiger partial charge in [-0.1, -0.05) is 0 Å². The van der Waals surface area contributed by atoms with Gasteiger partial charge in [-0.2, -0.15) is 0 Å². The first kappa shape index (κ1) is 14.9. The summed E-state index contributed by atoms with van der Waals surface area (Å²) >= 11 is 0. The summed E-state index contributed by atoms with van der Waals surface area (Å²) in [5, 5.41) is 9.41. The van der Waals surface area contributed by atoms with E-state index in [1.54, 1.807) is 27.7 Å². The minimum Gasteiger partial charge on any atom is -0.466 e. The van der Waals surface area contributed by atoms with E-state index < -0.39 is 23.6 Å². The van der Waals surface area contributed by atoms with Crippen LogP contribution in [0.1, 0.15) is 40.5 Å². The molecule has 0 aliphatic carbocycles. The highest BCUT2D eigenvalue weighted by molar-refractivity contribution is 5.73. The number of hydrogen-bond donors (Lipinski definition) is 1. The molecule has 16 heavy (non-hydrogen) atoms. The summed E-state index contributed by atoms with van der Waals surface area (Å²) in [5.74, 6) is -1.04. The van der Waals surface area contributed by atoms with Crippen molar-refractivity contribution in [2.45, 2.75) is 52.2 Å². The highest BCUT2D eigenvalue weighted by atomic mass is 16.6. The maximum Gasteiger partial charge on any atom is 0.308 e. The fourth-order valence-corrected chi connectivity index (χ4v) is 1.06. The lowest BCUT2D eigenvalue weighted by molar-refractivity contribution is -0.157. The van der Waals surface area contributed by atoms with Gasteiger partial charge in [0.15, 0.2) is 0 Å². The van der Waals surface area contributed by atoms with Gasteiger partial charge in [-0.25, -0.2) is 0 Å². The highest BCUT2D eigenvalue weighted by Crippen LogP contribution is 2.10. The fraction of sp³-hybridized carbons (Fsp3) is 0.818. The molecular weight excluding hydrogens is 212 g/mol. The number of ether oxygens (including phenoxy) is 2. The summed E-state index contributed by atoms with van der Waals surface area (Å²) in [6, 6.07) is 0. The minimum atomic E-state index is -1.05. The van der Waals surface area contributed by atoms with Crippen LogP contribution < -0.4 is 0 Å². The highest BCUT2D eigenvalue weighted by Gasteiger charge is 2.21. The van der Waals surface area contributed by atoms with Crippen LogP contribution in [0.15, 0.2) is 0 Å². The molecule has 1 atom stereocenters. The molecule has 0 aromatic heterocycles. The second-order valence-corrected chi connectivity index (χ2v) is 4.45. The van der Waals surface area contributed by atoms with Gasteiger partial charge in [0.2, 0.25) is 0 Å². The summed E-state index contributed by atoms with van der Waals surface area (Å²) in [4.78, 5) is 22.3. The molecule has 0 saturated carbocycles. The zero-order valence-electron chi connectivity index (χ0n) is 10.3. The molecule has 5 nitrogen and oxygen atoms in total. The predicted octanol–water partition coefficient (Wildman–Crippen LogP) is 1.03. The Hall–Kier alpha value is -1.10. The Labute approximate surface area is 95.7 Å². The molecule has 5 heteroatoms. The Bertz CT molecular complexity index is 241. The first-order valence-electron chi connectivity index (χ1n) is 5.30. The van der Waals surface area contributed by atoms with Crippen LogP contribution in [0.25, 0.3) is 0 Å². The van der Waals surface area contributed by atoms with Crippen molar-refractivity contribution in [1.82, 2.24) is 0 Å². The van der Waals surface area contributed by atoms with Crippen LogP contribution in [0, 0.1) is 0 Å². The van der Waals surface area contributed by atoms with Crippen LogP contribution in [-0.2, 0) is 19.1 Å². The Morgan fingerprint density at radius 3 is 2.12 bits per heavy atom. The van der Waals surface area contributed by atoms with Crippen LogP contribution in [-0.4, -0.2) is 35.4 Å². The average molecular weight is 232 g/mol. The monoisotopic (exact) mass is 232 g/mol. The van der Waals surface area contributed by atoms with Crippen LogP contribution >= 0.6 is 0 Å². The van der Waals surface area contributed by atoms with Crippen LogP contribution in [0.3, 0.4) is 0 Å². The summed E-state index contributed by atoms with van der Waals surface area (Å²) < 4.78 is 9.64. The number of hydrogen-bond acceptors (Lipinski definition) is 5. The third-order valence-electron chi connectivity index (χ3n) is 1.53. The molecule has 0 aliphatic rings. The van der Waals surface area contributed by atoms with E-state index in [9.17, 15) is 14.7 Å². The molecule has 0 unspecified atom stereocenters. The molecule has 94 valence electrons. The summed E-state index contributed by atoms with van der Waals surface area (Å²) in [5.41, 5.74) is -0.583. The average Bonchev–Trinajstić information content (AvgIpc) is 1.98. The fourth-order valence-electron chi connectivity index (χ4n) is 1.06. The standard InChI is InChI=1S/C11H20O5/c1-5-15-9(13)6-8(12)7-10(14)16-11(2,3)4/h8,12H,5-7H2,1-4H3/t8-/m0/s1. The molecule has 0 rings (SSSR count). The summed E-state index contributed by atoms with van der Waals surface area (Å²) in [6.45, 7) is 7.16. The Balaban J connectivity index is 3.91.